The van der Waals surface area contributed by atoms with E-state index in [1.54, 1.807) is 0 Å². The van der Waals surface area contributed by atoms with Gasteiger partial charge in [-0.05, 0) is 48.5 Å². The molecule has 0 aliphatic carbocycles. The van der Waals surface area contributed by atoms with Crippen molar-refractivity contribution in [1.29, 1.82) is 0 Å². The number of nitrogens with two attached hydrogens (primary N) is 2. The van der Waals surface area contributed by atoms with Gasteiger partial charge in [-0.1, -0.05) is 0 Å². The SMILES string of the molecule is Nc1cc(N)c(N=Nc2ccc(S(=O)(=O)CCOS(=O)(=O)[O-])cc2S(=O)(=O)[O-])cc1N=Nc1ccc(S(=O)(=O)CCOSOO[O-])cc1S(=O)(=O)[O-].[Na+].[Na+].[Na+].[Na+]. The summed E-state index contributed by atoms with van der Waals surface area (Å²) >= 11 is 0.0285. The number of azo groups is 2. The van der Waals surface area contributed by atoms with Crippen molar-refractivity contribution in [2.24, 2.45) is 20.5 Å². The Morgan fingerprint density at radius 3 is 1.34 bits per heavy atom. The molecule has 0 atom stereocenters. The van der Waals surface area contributed by atoms with Crippen LogP contribution in [-0.2, 0) is 68.0 Å². The molecule has 0 aliphatic rings. The van der Waals surface area contributed by atoms with Crippen molar-refractivity contribution in [2.75, 3.05) is 36.2 Å². The molecule has 3 rings (SSSR count). The first-order valence-electron chi connectivity index (χ1n) is 13.0. The van der Waals surface area contributed by atoms with Gasteiger partial charge < -0.3 is 30.4 Å². The van der Waals surface area contributed by atoms with E-state index in [2.05, 4.69) is 38.2 Å². The standard InChI is InChI=1S/C22H24N6O18S6.4Na/c23-15-11-16(24)20(28-26-18-4-2-14(10-22(18)51(37,38)39)49(32,33)8-6-44-52(40,41)42)12-19(15)27-25-17-3-1-13(9-21(17)50(34,35)36)48(30,31)7-5-43-47-46-45-29;;;;/h1-4,9-12,29H,5-8,23-24H2,(H,34,35,36)(H,37,38,39)(H,40,41,42);;;;/q;4*+1/p-4. The molecule has 34 heteroatoms. The molecule has 0 amide bonds. The summed E-state index contributed by atoms with van der Waals surface area (Å²) < 4.78 is 166. The van der Waals surface area contributed by atoms with Crippen molar-refractivity contribution in [3.8, 4) is 0 Å². The van der Waals surface area contributed by atoms with Crippen LogP contribution in [0.5, 0.6) is 0 Å². The summed E-state index contributed by atoms with van der Waals surface area (Å²) in [5, 5.41) is 27.5. The first-order chi connectivity index (χ1) is 23.9. The molecule has 0 spiro atoms. The number of nitrogen functional groups attached to an aromatic ring is 2. The van der Waals surface area contributed by atoms with Crippen LogP contribution in [0.25, 0.3) is 0 Å². The molecule has 0 heterocycles. The Labute approximate surface area is 412 Å². The Bertz CT molecular complexity index is 2460. The maximum absolute atomic E-state index is 12.6. The van der Waals surface area contributed by atoms with Crippen LogP contribution in [0.4, 0.5) is 34.1 Å². The van der Waals surface area contributed by atoms with Gasteiger partial charge in [0, 0.05) is 0 Å². The second kappa shape index (κ2) is 24.6. The van der Waals surface area contributed by atoms with Gasteiger partial charge in [0.2, 0.25) is 10.4 Å². The van der Waals surface area contributed by atoms with Gasteiger partial charge in [0.05, 0.1) is 55.7 Å². The Morgan fingerprint density at radius 1 is 0.571 bits per heavy atom. The van der Waals surface area contributed by atoms with Crippen LogP contribution in [0.2, 0.25) is 0 Å². The molecule has 3 aromatic rings. The van der Waals surface area contributed by atoms with E-state index < -0.39 is 106 Å². The topological polar surface area (TPSA) is 401 Å². The fourth-order valence-electron chi connectivity index (χ4n) is 3.63. The zero-order valence-electron chi connectivity index (χ0n) is 29.2. The molecule has 0 unspecified atom stereocenters. The monoisotopic (exact) mass is 940 g/mol. The number of nitrogens with zero attached hydrogens (tertiary/aromatic N) is 4. The van der Waals surface area contributed by atoms with Crippen LogP contribution >= 0.6 is 12.3 Å². The van der Waals surface area contributed by atoms with Gasteiger partial charge in [-0.25, -0.2) is 42.1 Å². The normalized spacial score (nSPS) is 12.4. The summed E-state index contributed by atoms with van der Waals surface area (Å²) in [5.74, 6) is -1.84. The van der Waals surface area contributed by atoms with E-state index in [0.717, 1.165) is 36.4 Å². The third kappa shape index (κ3) is 18.1. The first-order valence-corrected chi connectivity index (χ1v) is 21.1. The molecule has 0 aliphatic heterocycles. The Hall–Kier alpha value is 0.240. The zero-order valence-corrected chi connectivity index (χ0v) is 42.1. The van der Waals surface area contributed by atoms with Crippen molar-refractivity contribution in [2.45, 2.75) is 19.6 Å². The predicted molar refractivity (Wildman–Crippen MR) is 168 cm³/mol. The number of hydrogen-bond acceptors (Lipinski definition) is 25. The summed E-state index contributed by atoms with van der Waals surface area (Å²) in [6.07, 6.45) is 0. The van der Waals surface area contributed by atoms with Gasteiger partial charge in [-0.2, -0.15) is 0 Å². The summed E-state index contributed by atoms with van der Waals surface area (Å²) in [6.45, 7) is -1.66. The van der Waals surface area contributed by atoms with Crippen molar-refractivity contribution in [3.05, 3.63) is 48.5 Å². The third-order valence-electron chi connectivity index (χ3n) is 5.95. The van der Waals surface area contributed by atoms with Gasteiger partial charge in [0.15, 0.2) is 32.0 Å². The first kappa shape index (κ1) is 58.3. The molecular formula is C22H20N6Na4O18S6. The Morgan fingerprint density at radius 2 is 0.964 bits per heavy atom. The van der Waals surface area contributed by atoms with Crippen LogP contribution in [0.15, 0.2) is 88.6 Å². The zero-order chi connectivity index (χ0) is 39.1. The van der Waals surface area contributed by atoms with E-state index in [0.29, 0.717) is 12.1 Å². The summed E-state index contributed by atoms with van der Waals surface area (Å²) in [6, 6.07) is 6.29. The van der Waals surface area contributed by atoms with E-state index in [-0.39, 0.29) is 153 Å². The molecule has 0 saturated heterocycles. The molecule has 4 N–H and O–H groups in total. The summed E-state index contributed by atoms with van der Waals surface area (Å²) in [4.78, 5) is -3.70. The van der Waals surface area contributed by atoms with Crippen LogP contribution < -0.4 is 135 Å². The average Bonchev–Trinajstić information content (AvgIpc) is 3.02. The van der Waals surface area contributed by atoms with E-state index in [1.807, 2.05) is 0 Å². The van der Waals surface area contributed by atoms with E-state index in [1.165, 1.54) is 0 Å². The number of rotatable bonds is 18. The van der Waals surface area contributed by atoms with Crippen LogP contribution in [-0.4, -0.2) is 80.5 Å². The largest absolute Gasteiger partial charge is 1.00 e. The van der Waals surface area contributed by atoms with Crippen LogP contribution in [0.3, 0.4) is 0 Å². The smallest absolute Gasteiger partial charge is 0.744 e. The summed E-state index contributed by atoms with van der Waals surface area (Å²) in [5.41, 5.74) is 9.42. The number of sulfone groups is 2. The van der Waals surface area contributed by atoms with Gasteiger partial charge in [0.25, 0.3) is 0 Å². The van der Waals surface area contributed by atoms with E-state index in [9.17, 15) is 61.0 Å². The number of hydrogen-bond donors (Lipinski definition) is 2. The molecule has 286 valence electrons. The van der Waals surface area contributed by atoms with Gasteiger partial charge in [-0.15, -0.1) is 24.8 Å². The van der Waals surface area contributed by atoms with Gasteiger partial charge in [0.1, 0.15) is 43.0 Å². The van der Waals surface area contributed by atoms with Crippen molar-refractivity contribution in [3.63, 3.8) is 0 Å². The fourth-order valence-corrected chi connectivity index (χ4v) is 7.99. The third-order valence-corrected chi connectivity index (χ3v) is 11.9. The minimum atomic E-state index is -5.44. The molecule has 0 aromatic heterocycles. The fraction of sp³-hybridized carbons (Fsp3) is 0.182. The summed E-state index contributed by atoms with van der Waals surface area (Å²) in [7, 11) is -24.8. The van der Waals surface area contributed by atoms with E-state index >= 15 is 0 Å². The maximum Gasteiger partial charge on any atom is 1.00 e. The molecule has 24 nitrogen and oxygen atoms in total. The number of anilines is 2. The molecule has 0 fully saturated rings. The van der Waals surface area contributed by atoms with Crippen molar-refractivity contribution < 1.29 is 197 Å². The predicted octanol–water partition coefficient (Wildman–Crippen LogP) is -11.7. The molecule has 3 aromatic carbocycles. The number of benzene rings is 3. The van der Waals surface area contributed by atoms with E-state index in [4.69, 9.17) is 11.5 Å². The quantitative estimate of drug-likeness (QED) is 0.0138. The molecule has 0 saturated carbocycles. The maximum atomic E-state index is 12.6. The van der Waals surface area contributed by atoms with Gasteiger partial charge >= 0.3 is 118 Å². The van der Waals surface area contributed by atoms with Crippen molar-refractivity contribution in [1.82, 2.24) is 0 Å². The molecule has 0 radical (unpaired) electrons. The van der Waals surface area contributed by atoms with Crippen LogP contribution in [0.1, 0.15) is 0 Å². The second-order valence-corrected chi connectivity index (χ2v) is 17.9. The Kier molecular flexibility index (Phi) is 25.6. The molecular weight excluding hydrogens is 921 g/mol. The Balaban J connectivity index is 0. The van der Waals surface area contributed by atoms with Gasteiger partial charge in [-0.3, -0.25) is 13.4 Å². The van der Waals surface area contributed by atoms with Crippen LogP contribution in [0, 0.1) is 0 Å². The molecule has 0 bridgehead atoms. The average molecular weight is 941 g/mol. The minimum absolute atomic E-state index is 0. The molecule has 56 heavy (non-hydrogen) atoms. The minimum Gasteiger partial charge on any atom is -0.744 e. The second-order valence-electron chi connectivity index (χ2n) is 9.43. The van der Waals surface area contributed by atoms with Crippen molar-refractivity contribution >= 4 is 96.8 Å².